The predicted molar refractivity (Wildman–Crippen MR) is 126 cm³/mol. The number of pyridine rings is 1. The molecule has 1 aromatic carbocycles. The van der Waals surface area contributed by atoms with Crippen molar-refractivity contribution in [3.8, 4) is 11.3 Å². The molecule has 1 aromatic heterocycles. The van der Waals surface area contributed by atoms with Gasteiger partial charge in [-0.2, -0.15) is 0 Å². The Balaban J connectivity index is 1.39. The van der Waals surface area contributed by atoms with Gasteiger partial charge < -0.3 is 9.80 Å². The highest BCUT2D eigenvalue weighted by Gasteiger charge is 2.31. The maximum atomic E-state index is 13.1. The normalized spacial score (nSPS) is 18.0. The van der Waals surface area contributed by atoms with Crippen molar-refractivity contribution >= 4 is 27.7 Å². The molecule has 4 rings (SSSR count). The largest absolute Gasteiger partial charge is 0.342 e. The lowest BCUT2D eigenvalue weighted by Crippen LogP contribution is -2.44. The molecule has 2 aliphatic rings. The molecule has 31 heavy (non-hydrogen) atoms. The van der Waals surface area contributed by atoms with Crippen LogP contribution in [0.3, 0.4) is 0 Å². The third-order valence-corrected chi connectivity index (χ3v) is 6.98. The number of aromatic nitrogens is 1. The van der Waals surface area contributed by atoms with Crippen molar-refractivity contribution in [2.75, 3.05) is 26.2 Å². The Hall–Kier alpha value is -2.21. The molecule has 5 nitrogen and oxygen atoms in total. The van der Waals surface area contributed by atoms with Crippen molar-refractivity contribution in [1.82, 2.24) is 14.8 Å². The van der Waals surface area contributed by atoms with Gasteiger partial charge >= 0.3 is 0 Å². The molecule has 2 saturated heterocycles. The van der Waals surface area contributed by atoms with Crippen LogP contribution in [0.2, 0.25) is 0 Å². The van der Waals surface area contributed by atoms with Crippen molar-refractivity contribution in [3.63, 3.8) is 0 Å². The van der Waals surface area contributed by atoms with Gasteiger partial charge in [-0.3, -0.25) is 14.6 Å². The SMILES string of the molecule is Cc1nc(-c2cccc(Br)c2)ccc1C(=O)N1CCC(C(=O)N2CCCCCC2)CC1. The van der Waals surface area contributed by atoms with Crippen LogP contribution < -0.4 is 0 Å². The van der Waals surface area contributed by atoms with Crippen LogP contribution in [-0.2, 0) is 4.79 Å². The fourth-order valence-corrected chi connectivity index (χ4v) is 5.04. The number of piperidine rings is 1. The third kappa shape index (κ3) is 5.17. The van der Waals surface area contributed by atoms with Crippen molar-refractivity contribution in [1.29, 1.82) is 0 Å². The molecule has 0 bridgehead atoms. The maximum Gasteiger partial charge on any atom is 0.255 e. The maximum absolute atomic E-state index is 13.1. The van der Waals surface area contributed by atoms with E-state index in [9.17, 15) is 9.59 Å². The minimum atomic E-state index is 0.0199. The summed E-state index contributed by atoms with van der Waals surface area (Å²) < 4.78 is 1.00. The van der Waals surface area contributed by atoms with Gasteiger partial charge in [0.25, 0.3) is 5.91 Å². The zero-order chi connectivity index (χ0) is 21.8. The number of hydrogen-bond donors (Lipinski definition) is 0. The van der Waals surface area contributed by atoms with E-state index in [-0.39, 0.29) is 11.8 Å². The highest BCUT2D eigenvalue weighted by atomic mass is 79.9. The van der Waals surface area contributed by atoms with Crippen LogP contribution in [-0.4, -0.2) is 52.8 Å². The average Bonchev–Trinajstić information content (AvgIpc) is 3.08. The zero-order valence-corrected chi connectivity index (χ0v) is 19.7. The molecule has 0 aliphatic carbocycles. The van der Waals surface area contributed by atoms with Crippen molar-refractivity contribution in [2.45, 2.75) is 45.4 Å². The van der Waals surface area contributed by atoms with E-state index < -0.39 is 0 Å². The Labute approximate surface area is 193 Å². The van der Waals surface area contributed by atoms with Crippen LogP contribution >= 0.6 is 15.9 Å². The van der Waals surface area contributed by atoms with E-state index in [0.717, 1.165) is 60.2 Å². The van der Waals surface area contributed by atoms with Crippen LogP contribution in [0.5, 0.6) is 0 Å². The van der Waals surface area contributed by atoms with E-state index in [1.807, 2.05) is 48.2 Å². The molecule has 164 valence electrons. The summed E-state index contributed by atoms with van der Waals surface area (Å²) in [5, 5.41) is 0. The quantitative estimate of drug-likeness (QED) is 0.611. The molecule has 2 amide bonds. The van der Waals surface area contributed by atoms with Crippen molar-refractivity contribution in [2.24, 2.45) is 5.92 Å². The minimum Gasteiger partial charge on any atom is -0.342 e. The highest BCUT2D eigenvalue weighted by molar-refractivity contribution is 9.10. The van der Waals surface area contributed by atoms with Crippen LogP contribution in [0.1, 0.15) is 54.6 Å². The van der Waals surface area contributed by atoms with Crippen LogP contribution in [0.15, 0.2) is 40.9 Å². The summed E-state index contributed by atoms with van der Waals surface area (Å²) in [5.74, 6) is 0.372. The number of hydrogen-bond acceptors (Lipinski definition) is 3. The molecule has 0 atom stereocenters. The Morgan fingerprint density at radius 2 is 1.65 bits per heavy atom. The van der Waals surface area contributed by atoms with E-state index in [2.05, 4.69) is 25.8 Å². The Morgan fingerprint density at radius 3 is 2.29 bits per heavy atom. The summed E-state index contributed by atoms with van der Waals surface area (Å²) in [4.78, 5) is 34.7. The molecule has 0 radical (unpaired) electrons. The standard InChI is InChI=1S/C25H30BrN3O2/c1-18-22(9-10-23(27-18)20-7-6-8-21(26)17-20)25(31)29-15-11-19(12-16-29)24(30)28-13-4-2-3-5-14-28/h6-10,17,19H,2-5,11-16H2,1H3. The smallest absolute Gasteiger partial charge is 0.255 e. The first kappa shape index (κ1) is 22.0. The number of nitrogens with zero attached hydrogens (tertiary/aromatic N) is 3. The molecule has 0 saturated carbocycles. The van der Waals surface area contributed by atoms with Gasteiger partial charge in [0.1, 0.15) is 0 Å². The average molecular weight is 484 g/mol. The van der Waals surface area contributed by atoms with Crippen LogP contribution in [0.25, 0.3) is 11.3 Å². The molecule has 0 N–H and O–H groups in total. The summed E-state index contributed by atoms with van der Waals surface area (Å²) >= 11 is 3.50. The second-order valence-electron chi connectivity index (χ2n) is 8.65. The number of carbonyl (C=O) groups is 2. The van der Waals surface area contributed by atoms with E-state index in [0.29, 0.717) is 24.6 Å². The second kappa shape index (κ2) is 9.94. The first-order valence-electron chi connectivity index (χ1n) is 11.3. The summed E-state index contributed by atoms with van der Waals surface area (Å²) in [5.41, 5.74) is 3.27. The van der Waals surface area contributed by atoms with Gasteiger partial charge in [0.2, 0.25) is 5.91 Å². The first-order valence-corrected chi connectivity index (χ1v) is 12.1. The monoisotopic (exact) mass is 483 g/mol. The van der Waals surface area contributed by atoms with Gasteiger partial charge in [0.05, 0.1) is 17.0 Å². The van der Waals surface area contributed by atoms with Gasteiger partial charge in [-0.05, 0) is 56.9 Å². The van der Waals surface area contributed by atoms with Crippen molar-refractivity contribution in [3.05, 3.63) is 52.1 Å². The molecule has 6 heteroatoms. The molecule has 2 aromatic rings. The summed E-state index contributed by atoms with van der Waals surface area (Å²) in [6.45, 7) is 4.95. The van der Waals surface area contributed by atoms with E-state index in [4.69, 9.17) is 0 Å². The summed E-state index contributed by atoms with van der Waals surface area (Å²) in [6.07, 6.45) is 6.19. The number of carbonyl (C=O) groups excluding carboxylic acids is 2. The van der Waals surface area contributed by atoms with Gasteiger partial charge in [-0.25, -0.2) is 0 Å². The molecule has 3 heterocycles. The Morgan fingerprint density at radius 1 is 0.935 bits per heavy atom. The van der Waals surface area contributed by atoms with Crippen LogP contribution in [0, 0.1) is 12.8 Å². The molecule has 2 aliphatic heterocycles. The number of likely N-dealkylation sites (tertiary alicyclic amines) is 2. The van der Waals surface area contributed by atoms with E-state index in [1.165, 1.54) is 12.8 Å². The van der Waals surface area contributed by atoms with E-state index >= 15 is 0 Å². The topological polar surface area (TPSA) is 53.5 Å². The Kier molecular flexibility index (Phi) is 7.06. The molecular weight excluding hydrogens is 454 g/mol. The molecule has 0 unspecified atom stereocenters. The lowest BCUT2D eigenvalue weighted by molar-refractivity contribution is -0.136. The van der Waals surface area contributed by atoms with Gasteiger partial charge in [-0.15, -0.1) is 0 Å². The van der Waals surface area contributed by atoms with Gasteiger partial charge in [0.15, 0.2) is 0 Å². The van der Waals surface area contributed by atoms with E-state index in [1.54, 1.807) is 0 Å². The van der Waals surface area contributed by atoms with Gasteiger partial charge in [0, 0.05) is 42.1 Å². The first-order chi connectivity index (χ1) is 15.0. The lowest BCUT2D eigenvalue weighted by atomic mass is 9.94. The third-order valence-electron chi connectivity index (χ3n) is 6.49. The minimum absolute atomic E-state index is 0.0199. The van der Waals surface area contributed by atoms with Gasteiger partial charge in [-0.1, -0.05) is 40.9 Å². The number of aryl methyl sites for hydroxylation is 1. The summed E-state index contributed by atoms with van der Waals surface area (Å²) in [7, 11) is 0. The molecule has 2 fully saturated rings. The molecule has 0 spiro atoms. The number of halogens is 1. The lowest BCUT2D eigenvalue weighted by Gasteiger charge is -2.34. The van der Waals surface area contributed by atoms with Crippen LogP contribution in [0.4, 0.5) is 0 Å². The Bertz CT molecular complexity index is 946. The predicted octanol–water partition coefficient (Wildman–Crippen LogP) is 5.07. The number of rotatable bonds is 3. The number of amides is 2. The number of benzene rings is 1. The fourth-order valence-electron chi connectivity index (χ4n) is 4.64. The van der Waals surface area contributed by atoms with Crippen molar-refractivity contribution < 1.29 is 9.59 Å². The summed E-state index contributed by atoms with van der Waals surface area (Å²) in [6, 6.07) is 11.8. The fraction of sp³-hybridized carbons (Fsp3) is 0.480. The second-order valence-corrected chi connectivity index (χ2v) is 9.56. The highest BCUT2D eigenvalue weighted by Crippen LogP contribution is 2.25. The molecular formula is C25H30BrN3O2. The zero-order valence-electron chi connectivity index (χ0n) is 18.1.